The van der Waals surface area contributed by atoms with Gasteiger partial charge >= 0.3 is 0 Å². The highest BCUT2D eigenvalue weighted by Crippen LogP contribution is 2.41. The third-order valence-electron chi connectivity index (χ3n) is 6.71. The molecule has 186 valence electrons. The van der Waals surface area contributed by atoms with Crippen LogP contribution in [0.15, 0.2) is 65.1 Å². The van der Waals surface area contributed by atoms with Crippen LogP contribution in [0.3, 0.4) is 0 Å². The highest BCUT2D eigenvalue weighted by atomic mass is 35.5. The molecule has 1 aliphatic heterocycles. The minimum atomic E-state index is -2.69. The average Bonchev–Trinajstić information content (AvgIpc) is 3.31. The van der Waals surface area contributed by atoms with Crippen molar-refractivity contribution in [2.45, 2.75) is 32.1 Å². The standard InChI is InChI=1S/C29H26ClF2NO3/c1-3-23-15-21-14-20(16-25(27(21)36-23)24-17-22(30)8-9-26(24)35-2)18-4-6-19(7-5-18)28(34)33-12-10-29(31,32)11-13-33/h4-9,14-17H,3,10-13H2,1-2H3. The van der Waals surface area contributed by atoms with Crippen LogP contribution in [0.1, 0.15) is 35.9 Å². The second kappa shape index (κ2) is 9.58. The topological polar surface area (TPSA) is 42.7 Å². The van der Waals surface area contributed by atoms with Crippen LogP contribution >= 0.6 is 11.6 Å². The van der Waals surface area contributed by atoms with Gasteiger partial charge in [0.15, 0.2) is 0 Å². The number of furan rings is 1. The van der Waals surface area contributed by atoms with E-state index < -0.39 is 5.92 Å². The molecule has 0 saturated carbocycles. The van der Waals surface area contributed by atoms with Gasteiger partial charge in [-0.1, -0.05) is 30.7 Å². The molecule has 0 N–H and O–H groups in total. The van der Waals surface area contributed by atoms with Crippen LogP contribution < -0.4 is 4.74 Å². The van der Waals surface area contributed by atoms with Crippen molar-refractivity contribution in [3.63, 3.8) is 0 Å². The summed E-state index contributed by atoms with van der Waals surface area (Å²) in [6.45, 7) is 2.17. The first kappa shape index (κ1) is 24.3. The predicted molar refractivity (Wildman–Crippen MR) is 138 cm³/mol. The lowest BCUT2D eigenvalue weighted by Gasteiger charge is -2.31. The number of rotatable bonds is 5. The molecule has 5 rings (SSSR count). The van der Waals surface area contributed by atoms with Crippen LogP contribution in [-0.2, 0) is 6.42 Å². The maximum absolute atomic E-state index is 13.5. The number of nitrogens with zero attached hydrogens (tertiary/aromatic N) is 1. The van der Waals surface area contributed by atoms with Crippen LogP contribution in [0.4, 0.5) is 8.78 Å². The zero-order valence-electron chi connectivity index (χ0n) is 20.1. The number of halogens is 3. The molecule has 1 aliphatic rings. The van der Waals surface area contributed by atoms with Gasteiger partial charge in [0.1, 0.15) is 17.1 Å². The maximum atomic E-state index is 13.5. The molecule has 7 heteroatoms. The lowest BCUT2D eigenvalue weighted by atomic mass is 9.95. The van der Waals surface area contributed by atoms with Crippen LogP contribution in [0.2, 0.25) is 5.02 Å². The summed E-state index contributed by atoms with van der Waals surface area (Å²) in [6, 6.07) is 18.9. The highest BCUT2D eigenvalue weighted by molar-refractivity contribution is 6.31. The smallest absolute Gasteiger partial charge is 0.253 e. The molecule has 0 spiro atoms. The van der Waals surface area contributed by atoms with Crippen molar-refractivity contribution in [2.75, 3.05) is 20.2 Å². The SMILES string of the molecule is CCc1cc2cc(-c3ccc(C(=O)N4CCC(F)(F)CC4)cc3)cc(-c3cc(Cl)ccc3OC)c2o1. The molecular formula is C29H26ClF2NO3. The fraction of sp³-hybridized carbons (Fsp3) is 0.276. The molecule has 0 atom stereocenters. The van der Waals surface area contributed by atoms with Gasteiger partial charge in [-0.15, -0.1) is 0 Å². The van der Waals surface area contributed by atoms with E-state index in [0.29, 0.717) is 16.3 Å². The Bertz CT molecular complexity index is 1420. The van der Waals surface area contributed by atoms with Crippen LogP contribution in [0, 0.1) is 0 Å². The number of ether oxygens (including phenoxy) is 1. The number of hydrogen-bond donors (Lipinski definition) is 0. The summed E-state index contributed by atoms with van der Waals surface area (Å²) in [5.41, 5.74) is 4.78. The maximum Gasteiger partial charge on any atom is 0.253 e. The third kappa shape index (κ3) is 4.70. The lowest BCUT2D eigenvalue weighted by Crippen LogP contribution is -2.42. The van der Waals surface area contributed by atoms with Crippen LogP contribution in [-0.4, -0.2) is 36.9 Å². The highest BCUT2D eigenvalue weighted by Gasteiger charge is 2.35. The molecule has 3 aromatic carbocycles. The number of carbonyl (C=O) groups is 1. The molecule has 0 unspecified atom stereocenters. The molecule has 2 heterocycles. The minimum Gasteiger partial charge on any atom is -0.496 e. The fourth-order valence-electron chi connectivity index (χ4n) is 4.66. The Morgan fingerprint density at radius 2 is 1.72 bits per heavy atom. The average molecular weight is 510 g/mol. The molecule has 36 heavy (non-hydrogen) atoms. The summed E-state index contributed by atoms with van der Waals surface area (Å²) < 4.78 is 38.7. The van der Waals surface area contributed by atoms with E-state index in [-0.39, 0.29) is 31.8 Å². The summed E-state index contributed by atoms with van der Waals surface area (Å²) in [5.74, 6) is -1.36. The van der Waals surface area contributed by atoms with Gasteiger partial charge in [-0.3, -0.25) is 4.79 Å². The number of benzene rings is 3. The van der Waals surface area contributed by atoms with Gasteiger partial charge in [-0.2, -0.15) is 0 Å². The van der Waals surface area contributed by atoms with Crippen molar-refractivity contribution in [1.29, 1.82) is 0 Å². The number of amides is 1. The van der Waals surface area contributed by atoms with E-state index in [1.807, 2.05) is 43.3 Å². The molecule has 1 saturated heterocycles. The molecule has 4 nitrogen and oxygen atoms in total. The number of methoxy groups -OCH3 is 1. The van der Waals surface area contributed by atoms with Gasteiger partial charge in [-0.25, -0.2) is 8.78 Å². The Kier molecular flexibility index (Phi) is 6.47. The molecule has 0 bridgehead atoms. The molecule has 0 radical (unpaired) electrons. The largest absolute Gasteiger partial charge is 0.496 e. The first-order chi connectivity index (χ1) is 17.3. The van der Waals surface area contributed by atoms with Crippen molar-refractivity contribution in [1.82, 2.24) is 4.90 Å². The number of likely N-dealkylation sites (tertiary alicyclic amines) is 1. The van der Waals surface area contributed by atoms with E-state index in [1.165, 1.54) is 4.90 Å². The van der Waals surface area contributed by atoms with Gasteiger partial charge < -0.3 is 14.1 Å². The van der Waals surface area contributed by atoms with Crippen LogP contribution in [0.25, 0.3) is 33.2 Å². The van der Waals surface area contributed by atoms with Gasteiger partial charge in [0.2, 0.25) is 0 Å². The predicted octanol–water partition coefficient (Wildman–Crippen LogP) is 7.86. The number of aryl methyl sites for hydroxylation is 1. The molecule has 1 amide bonds. The first-order valence-electron chi connectivity index (χ1n) is 12.0. The first-order valence-corrected chi connectivity index (χ1v) is 12.3. The van der Waals surface area contributed by atoms with Crippen LogP contribution in [0.5, 0.6) is 5.75 Å². The van der Waals surface area contributed by atoms with E-state index in [0.717, 1.165) is 45.4 Å². The lowest BCUT2D eigenvalue weighted by molar-refractivity contribution is -0.0494. The van der Waals surface area contributed by atoms with Crippen molar-refractivity contribution >= 4 is 28.5 Å². The van der Waals surface area contributed by atoms with Gasteiger partial charge in [-0.05, 0) is 59.7 Å². The zero-order valence-corrected chi connectivity index (χ0v) is 20.9. The van der Waals surface area contributed by atoms with E-state index in [4.69, 9.17) is 20.8 Å². The number of hydrogen-bond acceptors (Lipinski definition) is 3. The van der Waals surface area contributed by atoms with Crippen molar-refractivity contribution < 1.29 is 22.7 Å². The summed E-state index contributed by atoms with van der Waals surface area (Å²) in [4.78, 5) is 14.4. The normalized spacial score (nSPS) is 15.3. The number of alkyl halides is 2. The Morgan fingerprint density at radius 3 is 2.39 bits per heavy atom. The van der Waals surface area contributed by atoms with Crippen molar-refractivity contribution in [3.8, 4) is 28.0 Å². The molecule has 0 aliphatic carbocycles. The van der Waals surface area contributed by atoms with E-state index in [9.17, 15) is 13.6 Å². The third-order valence-corrected chi connectivity index (χ3v) is 6.95. The van der Waals surface area contributed by atoms with Gasteiger partial charge in [0.25, 0.3) is 11.8 Å². The monoisotopic (exact) mass is 509 g/mol. The van der Waals surface area contributed by atoms with Crippen molar-refractivity contribution in [3.05, 3.63) is 77.0 Å². The van der Waals surface area contributed by atoms with Gasteiger partial charge in [0.05, 0.1) is 7.11 Å². The second-order valence-corrected chi connectivity index (χ2v) is 9.51. The van der Waals surface area contributed by atoms with E-state index >= 15 is 0 Å². The van der Waals surface area contributed by atoms with Gasteiger partial charge in [0, 0.05) is 59.5 Å². The van der Waals surface area contributed by atoms with E-state index in [1.54, 1.807) is 25.3 Å². The molecule has 4 aromatic rings. The number of carbonyl (C=O) groups excluding carboxylic acids is 1. The Hall–Kier alpha value is -3.38. The Balaban J connectivity index is 1.53. The fourth-order valence-corrected chi connectivity index (χ4v) is 4.83. The summed E-state index contributed by atoms with van der Waals surface area (Å²) in [5, 5.41) is 1.54. The Morgan fingerprint density at radius 1 is 1.00 bits per heavy atom. The minimum absolute atomic E-state index is 0.0648. The summed E-state index contributed by atoms with van der Waals surface area (Å²) in [7, 11) is 1.62. The second-order valence-electron chi connectivity index (χ2n) is 9.08. The number of fused-ring (bicyclic) bond motifs is 1. The quantitative estimate of drug-likeness (QED) is 0.275. The zero-order chi connectivity index (χ0) is 25.4. The number of piperidine rings is 1. The van der Waals surface area contributed by atoms with E-state index in [2.05, 4.69) is 6.07 Å². The molecular weight excluding hydrogens is 484 g/mol. The summed E-state index contributed by atoms with van der Waals surface area (Å²) >= 11 is 6.33. The Labute approximate surface area is 213 Å². The summed E-state index contributed by atoms with van der Waals surface area (Å²) in [6.07, 6.45) is 0.170. The molecule has 1 fully saturated rings. The van der Waals surface area contributed by atoms with Crippen molar-refractivity contribution in [2.24, 2.45) is 0 Å². The molecule has 1 aromatic heterocycles.